The van der Waals surface area contributed by atoms with Crippen molar-refractivity contribution in [3.05, 3.63) is 30.1 Å². The van der Waals surface area contributed by atoms with Crippen molar-refractivity contribution in [3.63, 3.8) is 0 Å². The molecule has 0 aliphatic heterocycles. The zero-order valence-corrected chi connectivity index (χ0v) is 9.46. The highest BCUT2D eigenvalue weighted by Gasteiger charge is 2.19. The van der Waals surface area contributed by atoms with E-state index in [-0.39, 0.29) is 5.91 Å². The largest absolute Gasteiger partial charge is 0.271 e. The molecule has 0 aliphatic carbocycles. The van der Waals surface area contributed by atoms with Gasteiger partial charge in [-0.05, 0) is 19.1 Å². The van der Waals surface area contributed by atoms with Gasteiger partial charge in [0.15, 0.2) is 4.84 Å². The van der Waals surface area contributed by atoms with Gasteiger partial charge in [-0.2, -0.15) is 0 Å². The van der Waals surface area contributed by atoms with Crippen LogP contribution in [0.4, 0.5) is 0 Å². The molecule has 15 heavy (non-hydrogen) atoms. The molecule has 3 nitrogen and oxygen atoms in total. The topological polar surface area (TPSA) is 34.9 Å². The maximum atomic E-state index is 11.7. The van der Waals surface area contributed by atoms with Gasteiger partial charge in [0.25, 0.3) is 5.91 Å². The summed E-state index contributed by atoms with van der Waals surface area (Å²) in [5.41, 5.74) is 1.49. The minimum Gasteiger partial charge on any atom is -0.271 e. The first-order valence-electron chi connectivity index (χ1n) is 4.37. The van der Waals surface area contributed by atoms with E-state index in [1.807, 2.05) is 24.3 Å². The predicted molar refractivity (Wildman–Crippen MR) is 60.6 cm³/mol. The number of hydrogen-bond donors (Lipinski definition) is 0. The Morgan fingerprint density at radius 3 is 2.73 bits per heavy atom. The van der Waals surface area contributed by atoms with Crippen LogP contribution in [0.25, 0.3) is 11.0 Å². The molecule has 0 saturated heterocycles. The number of carbonyl (C=O) groups is 1. The van der Waals surface area contributed by atoms with E-state index in [0.717, 1.165) is 11.0 Å². The highest BCUT2D eigenvalue weighted by molar-refractivity contribution is 6.53. The number of carbonyl (C=O) groups excluding carboxylic acids is 1. The third kappa shape index (κ3) is 1.73. The van der Waals surface area contributed by atoms with Crippen LogP contribution < -0.4 is 0 Å². The molecule has 0 amide bonds. The number of nitrogens with zero attached hydrogens (tertiary/aromatic N) is 2. The summed E-state index contributed by atoms with van der Waals surface area (Å²) in [6, 6.07) is 7.35. The molecule has 0 fully saturated rings. The van der Waals surface area contributed by atoms with Gasteiger partial charge < -0.3 is 0 Å². The second-order valence-corrected chi connectivity index (χ2v) is 4.22. The van der Waals surface area contributed by atoms with Crippen LogP contribution in [-0.4, -0.2) is 20.3 Å². The third-order valence-corrected chi connectivity index (χ3v) is 2.51. The van der Waals surface area contributed by atoms with Crippen LogP contribution in [0.15, 0.2) is 24.3 Å². The number of rotatable bonds is 1. The molecule has 78 valence electrons. The molecule has 0 atom stereocenters. The van der Waals surface area contributed by atoms with Crippen LogP contribution in [0.2, 0.25) is 0 Å². The molecule has 0 saturated carbocycles. The van der Waals surface area contributed by atoms with Crippen molar-refractivity contribution in [1.29, 1.82) is 0 Å². The summed E-state index contributed by atoms with van der Waals surface area (Å²) in [7, 11) is 0. The van der Waals surface area contributed by atoms with Gasteiger partial charge in [-0.25, -0.2) is 4.98 Å². The smallest absolute Gasteiger partial charge is 0.265 e. The molecular weight excluding hydrogens is 235 g/mol. The molecule has 5 heteroatoms. The number of benzene rings is 1. The van der Waals surface area contributed by atoms with Crippen molar-refractivity contribution < 1.29 is 4.79 Å². The zero-order chi connectivity index (χ0) is 11.0. The second kappa shape index (κ2) is 3.83. The van der Waals surface area contributed by atoms with Crippen LogP contribution in [0.1, 0.15) is 10.6 Å². The normalized spacial score (nSPS) is 11.2. The van der Waals surface area contributed by atoms with Gasteiger partial charge in [0, 0.05) is 0 Å². The summed E-state index contributed by atoms with van der Waals surface area (Å²) < 4.78 is 1.43. The summed E-state index contributed by atoms with van der Waals surface area (Å²) in [6.45, 7) is 1.74. The lowest BCUT2D eigenvalue weighted by molar-refractivity contribution is 0.0932. The second-order valence-electron chi connectivity index (χ2n) is 3.12. The van der Waals surface area contributed by atoms with Crippen LogP contribution in [0.3, 0.4) is 0 Å². The number of imidazole rings is 1. The molecule has 1 heterocycles. The zero-order valence-electron chi connectivity index (χ0n) is 7.95. The van der Waals surface area contributed by atoms with Crippen molar-refractivity contribution in [2.24, 2.45) is 0 Å². The van der Waals surface area contributed by atoms with Gasteiger partial charge in [-0.15, -0.1) is 0 Å². The Morgan fingerprint density at radius 2 is 2.07 bits per heavy atom. The van der Waals surface area contributed by atoms with E-state index in [9.17, 15) is 4.79 Å². The van der Waals surface area contributed by atoms with Crippen LogP contribution in [-0.2, 0) is 0 Å². The molecule has 0 aliphatic rings. The SMILES string of the molecule is Cc1nc2ccccc2n1C(=O)C(Cl)Cl. The fourth-order valence-electron chi connectivity index (χ4n) is 1.52. The van der Waals surface area contributed by atoms with Crippen molar-refractivity contribution in [2.45, 2.75) is 11.8 Å². The standard InChI is InChI=1S/C10H8Cl2N2O/c1-6-13-7-4-2-3-5-8(7)14(6)10(15)9(11)12/h2-5,9H,1H3. The Balaban J connectivity index is 2.69. The van der Waals surface area contributed by atoms with E-state index >= 15 is 0 Å². The summed E-state index contributed by atoms with van der Waals surface area (Å²) in [5.74, 6) is 0.219. The number of aryl methyl sites for hydroxylation is 1. The number of para-hydroxylation sites is 2. The molecule has 2 rings (SSSR count). The highest BCUT2D eigenvalue weighted by atomic mass is 35.5. The van der Waals surface area contributed by atoms with E-state index in [1.165, 1.54) is 4.57 Å². The third-order valence-electron chi connectivity index (χ3n) is 2.14. The maximum absolute atomic E-state index is 11.7. The van der Waals surface area contributed by atoms with Gasteiger partial charge in [-0.3, -0.25) is 9.36 Å². The van der Waals surface area contributed by atoms with E-state index in [1.54, 1.807) is 6.92 Å². The van der Waals surface area contributed by atoms with Crippen molar-refractivity contribution in [1.82, 2.24) is 9.55 Å². The lowest BCUT2D eigenvalue weighted by Gasteiger charge is -2.04. The molecule has 1 aromatic heterocycles. The number of aromatic nitrogens is 2. The maximum Gasteiger partial charge on any atom is 0.265 e. The molecule has 0 spiro atoms. The van der Waals surface area contributed by atoms with Crippen molar-refractivity contribution in [3.8, 4) is 0 Å². The minimum absolute atomic E-state index is 0.371. The van der Waals surface area contributed by atoms with Gasteiger partial charge >= 0.3 is 0 Å². The first-order chi connectivity index (χ1) is 7.11. The summed E-state index contributed by atoms with van der Waals surface area (Å²) in [6.07, 6.45) is 0. The summed E-state index contributed by atoms with van der Waals surface area (Å²) in [4.78, 5) is 14.9. The number of hydrogen-bond acceptors (Lipinski definition) is 2. The summed E-state index contributed by atoms with van der Waals surface area (Å²) in [5, 5.41) is 0. The molecule has 2 aromatic rings. The van der Waals surface area contributed by atoms with E-state index in [4.69, 9.17) is 23.2 Å². The molecule has 0 radical (unpaired) electrons. The number of alkyl halides is 2. The van der Waals surface area contributed by atoms with Crippen molar-refractivity contribution in [2.75, 3.05) is 0 Å². The Kier molecular flexibility index (Phi) is 2.67. The minimum atomic E-state index is -1.07. The molecular formula is C10H8Cl2N2O. The lowest BCUT2D eigenvalue weighted by Crippen LogP contribution is -2.18. The van der Waals surface area contributed by atoms with Gasteiger partial charge in [0.1, 0.15) is 5.82 Å². The van der Waals surface area contributed by atoms with Crippen LogP contribution >= 0.6 is 23.2 Å². The first-order valence-corrected chi connectivity index (χ1v) is 5.25. The predicted octanol–water partition coefficient (Wildman–Crippen LogP) is 2.79. The average molecular weight is 243 g/mol. The molecule has 0 unspecified atom stereocenters. The van der Waals surface area contributed by atoms with Crippen LogP contribution in [0, 0.1) is 6.92 Å². The van der Waals surface area contributed by atoms with E-state index < -0.39 is 4.84 Å². The quantitative estimate of drug-likeness (QED) is 0.722. The van der Waals surface area contributed by atoms with Gasteiger partial charge in [-0.1, -0.05) is 35.3 Å². The Bertz CT molecular complexity index is 519. The highest BCUT2D eigenvalue weighted by Crippen LogP contribution is 2.18. The number of fused-ring (bicyclic) bond motifs is 1. The fourth-order valence-corrected chi connectivity index (χ4v) is 1.72. The first kappa shape index (κ1) is 10.5. The van der Waals surface area contributed by atoms with Gasteiger partial charge in [0.2, 0.25) is 0 Å². The Morgan fingerprint density at radius 1 is 1.40 bits per heavy atom. The molecule has 1 aromatic carbocycles. The van der Waals surface area contributed by atoms with Gasteiger partial charge in [0.05, 0.1) is 11.0 Å². The lowest BCUT2D eigenvalue weighted by atomic mass is 10.3. The monoisotopic (exact) mass is 242 g/mol. The van der Waals surface area contributed by atoms with Crippen molar-refractivity contribution >= 4 is 40.1 Å². The molecule has 0 bridgehead atoms. The molecule has 0 N–H and O–H groups in total. The number of halogens is 2. The Hall–Kier alpha value is -1.06. The average Bonchev–Trinajstić information content (AvgIpc) is 2.52. The fraction of sp³-hybridized carbons (Fsp3) is 0.200. The van der Waals surface area contributed by atoms with Crippen LogP contribution in [0.5, 0.6) is 0 Å². The Labute approximate surface area is 96.6 Å². The van der Waals surface area contributed by atoms with E-state index in [2.05, 4.69) is 4.98 Å². The van der Waals surface area contributed by atoms with E-state index in [0.29, 0.717) is 5.82 Å². The summed E-state index contributed by atoms with van der Waals surface area (Å²) >= 11 is 11.1.